The molecule has 1 aliphatic heterocycles. The molecule has 7 nitrogen and oxygen atoms in total. The minimum absolute atomic E-state index is 0. The van der Waals surface area contributed by atoms with Crippen molar-refractivity contribution < 1.29 is 4.42 Å². The molecule has 0 radical (unpaired) electrons. The number of rotatable bonds is 5. The fourth-order valence-electron chi connectivity index (χ4n) is 3.95. The average molecular weight is 556 g/mol. The molecule has 4 rings (SSSR count). The minimum Gasteiger partial charge on any atom is -0.439 e. The number of aliphatic imine (C=N–C) groups is 1. The first kappa shape index (κ1) is 24.6. The minimum atomic E-state index is 0. The number of nitrogens with one attached hydrogen (secondary N) is 2. The highest BCUT2D eigenvalue weighted by Crippen LogP contribution is 2.24. The molecule has 8 heteroatoms. The van der Waals surface area contributed by atoms with E-state index >= 15 is 0 Å². The molecule has 2 aromatic carbocycles. The molecule has 1 aliphatic rings. The van der Waals surface area contributed by atoms with Crippen molar-refractivity contribution in [3.63, 3.8) is 0 Å². The topological polar surface area (TPSA) is 89.5 Å². The lowest BCUT2D eigenvalue weighted by atomic mass is 10.0. The third-order valence-corrected chi connectivity index (χ3v) is 5.65. The summed E-state index contributed by atoms with van der Waals surface area (Å²) in [7, 11) is 1.76. The predicted octanol–water partition coefficient (Wildman–Crippen LogP) is 4.47. The normalized spacial score (nSPS) is 16.0. The van der Waals surface area contributed by atoms with Crippen LogP contribution in [-0.2, 0) is 6.54 Å². The van der Waals surface area contributed by atoms with Crippen molar-refractivity contribution in [1.29, 1.82) is 5.26 Å². The second kappa shape index (κ2) is 11.7. The third-order valence-electron chi connectivity index (χ3n) is 5.65. The fourth-order valence-corrected chi connectivity index (χ4v) is 3.95. The van der Waals surface area contributed by atoms with Crippen molar-refractivity contribution in [3.8, 4) is 17.4 Å². The Morgan fingerprint density at radius 2 is 2.03 bits per heavy atom. The number of benzene rings is 2. The summed E-state index contributed by atoms with van der Waals surface area (Å²) in [4.78, 5) is 11.0. The van der Waals surface area contributed by atoms with Crippen molar-refractivity contribution in [2.45, 2.75) is 32.4 Å². The van der Waals surface area contributed by atoms with Crippen LogP contribution in [0.2, 0.25) is 0 Å². The monoisotopic (exact) mass is 556 g/mol. The number of hydrogen-bond donors (Lipinski definition) is 2. The highest BCUT2D eigenvalue weighted by atomic mass is 127. The standard InChI is InChI=1S/C25H28N6O.HI/c1-18-9-11-19(12-10-18)23-15-28-24(32-23)16-29-25(27-2)30-21-7-5-13-31(17-21)22-8-4-3-6-20(22)14-26;/h3-4,6,8-12,15,21H,5,7,13,16-17H2,1-2H3,(H2,27,29,30);1H. The Labute approximate surface area is 211 Å². The lowest BCUT2D eigenvalue weighted by Crippen LogP contribution is -2.51. The van der Waals surface area contributed by atoms with Gasteiger partial charge in [-0.05, 0) is 31.9 Å². The highest BCUT2D eigenvalue weighted by molar-refractivity contribution is 14.0. The van der Waals surface area contributed by atoms with E-state index < -0.39 is 0 Å². The van der Waals surface area contributed by atoms with Gasteiger partial charge in [-0.2, -0.15) is 5.26 Å². The molecule has 0 saturated carbocycles. The summed E-state index contributed by atoms with van der Waals surface area (Å²) in [5.41, 5.74) is 3.93. The van der Waals surface area contributed by atoms with Crippen LogP contribution in [-0.4, -0.2) is 37.1 Å². The number of hydrogen-bond acceptors (Lipinski definition) is 5. The van der Waals surface area contributed by atoms with Crippen molar-refractivity contribution in [2.75, 3.05) is 25.0 Å². The smallest absolute Gasteiger partial charge is 0.214 e. The van der Waals surface area contributed by atoms with E-state index in [0.29, 0.717) is 24.0 Å². The first-order valence-electron chi connectivity index (χ1n) is 10.9. The maximum absolute atomic E-state index is 9.43. The Hall–Kier alpha value is -3.06. The number of para-hydroxylation sites is 1. The number of aromatic nitrogens is 1. The van der Waals surface area contributed by atoms with Crippen LogP contribution in [0.3, 0.4) is 0 Å². The summed E-state index contributed by atoms with van der Waals surface area (Å²) in [5, 5.41) is 16.2. The molecule has 0 spiro atoms. The van der Waals surface area contributed by atoms with Gasteiger partial charge in [-0.3, -0.25) is 4.99 Å². The third kappa shape index (κ3) is 6.26. The molecular weight excluding hydrogens is 527 g/mol. The summed E-state index contributed by atoms with van der Waals surface area (Å²) >= 11 is 0. The predicted molar refractivity (Wildman–Crippen MR) is 142 cm³/mol. The SMILES string of the molecule is CN=C(NCc1ncc(-c2ccc(C)cc2)o1)NC1CCCN(c2ccccc2C#N)C1.I. The summed E-state index contributed by atoms with van der Waals surface area (Å²) in [5.74, 6) is 2.07. The van der Waals surface area contributed by atoms with Gasteiger partial charge >= 0.3 is 0 Å². The van der Waals surface area contributed by atoms with Gasteiger partial charge in [0.15, 0.2) is 11.7 Å². The van der Waals surface area contributed by atoms with Gasteiger partial charge in [-0.15, -0.1) is 24.0 Å². The fraction of sp³-hybridized carbons (Fsp3) is 0.320. The van der Waals surface area contributed by atoms with Crippen LogP contribution in [0.5, 0.6) is 0 Å². The first-order chi connectivity index (χ1) is 15.7. The number of aryl methyl sites for hydroxylation is 1. The van der Waals surface area contributed by atoms with Crippen molar-refractivity contribution in [3.05, 3.63) is 71.7 Å². The Kier molecular flexibility index (Phi) is 8.72. The van der Waals surface area contributed by atoms with Crippen LogP contribution in [0.25, 0.3) is 11.3 Å². The molecule has 0 bridgehead atoms. The molecular formula is C25H29IN6O. The zero-order valence-electron chi connectivity index (χ0n) is 18.9. The molecule has 1 aromatic heterocycles. The number of oxazole rings is 1. The second-order valence-electron chi connectivity index (χ2n) is 7.97. The van der Waals surface area contributed by atoms with Gasteiger partial charge < -0.3 is 20.0 Å². The molecule has 1 unspecified atom stereocenters. The van der Waals surface area contributed by atoms with E-state index in [1.807, 2.05) is 36.4 Å². The Bertz CT molecular complexity index is 1120. The molecule has 0 amide bonds. The highest BCUT2D eigenvalue weighted by Gasteiger charge is 2.22. The van der Waals surface area contributed by atoms with E-state index in [0.717, 1.165) is 42.9 Å². The number of halogens is 1. The zero-order valence-corrected chi connectivity index (χ0v) is 21.2. The summed E-state index contributed by atoms with van der Waals surface area (Å²) in [6.45, 7) is 4.27. The molecule has 172 valence electrons. The summed E-state index contributed by atoms with van der Waals surface area (Å²) < 4.78 is 5.90. The van der Waals surface area contributed by atoms with Crippen LogP contribution >= 0.6 is 24.0 Å². The molecule has 1 atom stereocenters. The maximum Gasteiger partial charge on any atom is 0.214 e. The van der Waals surface area contributed by atoms with E-state index in [4.69, 9.17) is 4.42 Å². The van der Waals surface area contributed by atoms with Gasteiger partial charge in [-0.1, -0.05) is 42.0 Å². The molecule has 1 fully saturated rings. The quantitative estimate of drug-likeness (QED) is 0.274. The zero-order chi connectivity index (χ0) is 22.3. The lowest BCUT2D eigenvalue weighted by Gasteiger charge is -2.35. The van der Waals surface area contributed by atoms with E-state index in [1.54, 1.807) is 13.2 Å². The largest absolute Gasteiger partial charge is 0.439 e. The molecule has 0 aliphatic carbocycles. The first-order valence-corrected chi connectivity index (χ1v) is 10.9. The van der Waals surface area contributed by atoms with Crippen LogP contribution < -0.4 is 15.5 Å². The number of nitriles is 1. The van der Waals surface area contributed by atoms with E-state index in [2.05, 4.69) is 50.6 Å². The Balaban J connectivity index is 0.00000306. The van der Waals surface area contributed by atoms with Gasteiger partial charge in [0, 0.05) is 31.7 Å². The Morgan fingerprint density at radius 1 is 1.24 bits per heavy atom. The molecule has 1 saturated heterocycles. The van der Waals surface area contributed by atoms with E-state index in [9.17, 15) is 5.26 Å². The van der Waals surface area contributed by atoms with Crippen molar-refractivity contribution >= 4 is 35.6 Å². The number of piperidine rings is 1. The van der Waals surface area contributed by atoms with E-state index in [1.165, 1.54) is 5.56 Å². The summed E-state index contributed by atoms with van der Waals surface area (Å²) in [6.07, 6.45) is 3.85. The molecule has 2 N–H and O–H groups in total. The van der Waals surface area contributed by atoms with Gasteiger partial charge in [0.25, 0.3) is 0 Å². The average Bonchev–Trinajstić information content (AvgIpc) is 3.31. The van der Waals surface area contributed by atoms with Gasteiger partial charge in [0.1, 0.15) is 6.07 Å². The number of anilines is 1. The van der Waals surface area contributed by atoms with Crippen LogP contribution in [0.15, 0.2) is 64.1 Å². The lowest BCUT2D eigenvalue weighted by molar-refractivity contribution is 0.462. The second-order valence-corrected chi connectivity index (χ2v) is 7.97. The van der Waals surface area contributed by atoms with Crippen LogP contribution in [0, 0.1) is 18.3 Å². The summed E-state index contributed by atoms with van der Waals surface area (Å²) in [6, 6.07) is 18.5. The van der Waals surface area contributed by atoms with Gasteiger partial charge in [0.2, 0.25) is 5.89 Å². The van der Waals surface area contributed by atoms with Crippen LogP contribution in [0.1, 0.15) is 29.9 Å². The van der Waals surface area contributed by atoms with Gasteiger partial charge in [-0.25, -0.2) is 4.98 Å². The molecule has 33 heavy (non-hydrogen) atoms. The van der Waals surface area contributed by atoms with Gasteiger partial charge in [0.05, 0.1) is 24.0 Å². The molecule has 2 heterocycles. The van der Waals surface area contributed by atoms with E-state index in [-0.39, 0.29) is 30.0 Å². The molecule has 3 aromatic rings. The van der Waals surface area contributed by atoms with Crippen molar-refractivity contribution in [1.82, 2.24) is 15.6 Å². The number of guanidine groups is 1. The number of nitrogens with zero attached hydrogens (tertiary/aromatic N) is 4. The Morgan fingerprint density at radius 3 is 2.79 bits per heavy atom. The van der Waals surface area contributed by atoms with Crippen LogP contribution in [0.4, 0.5) is 5.69 Å². The maximum atomic E-state index is 9.43. The van der Waals surface area contributed by atoms with Crippen molar-refractivity contribution in [2.24, 2.45) is 4.99 Å².